The van der Waals surface area contributed by atoms with Gasteiger partial charge < -0.3 is 9.84 Å². The molecule has 88 valence electrons. The lowest BCUT2D eigenvalue weighted by Gasteiger charge is -2.08. The number of methoxy groups -OCH3 is 1. The van der Waals surface area contributed by atoms with Gasteiger partial charge in [0.2, 0.25) is 0 Å². The average molecular weight is 222 g/mol. The molecule has 0 amide bonds. The molecule has 0 fully saturated rings. The zero-order valence-corrected chi connectivity index (χ0v) is 9.82. The van der Waals surface area contributed by atoms with E-state index in [0.717, 1.165) is 24.2 Å². The van der Waals surface area contributed by atoms with Crippen LogP contribution < -0.4 is 4.74 Å². The molecule has 3 nitrogen and oxygen atoms in total. The van der Waals surface area contributed by atoms with Crippen LogP contribution in [0.5, 0.6) is 5.75 Å². The van der Waals surface area contributed by atoms with Gasteiger partial charge in [0.1, 0.15) is 5.75 Å². The van der Waals surface area contributed by atoms with Gasteiger partial charge in [-0.1, -0.05) is 17.7 Å². The molecule has 0 aliphatic rings. The number of ether oxygens (including phenoxy) is 1. The standard InChI is InChI=1S/C13H18O3/c1-10-7-8-12(16-2)11(9-10)5-3-4-6-13(14)15/h7-9H,3-6H2,1-2H3,(H,14,15). The average Bonchev–Trinajstić information content (AvgIpc) is 2.24. The van der Waals surface area contributed by atoms with Crippen LogP contribution in [0.4, 0.5) is 0 Å². The number of carbonyl (C=O) groups is 1. The first-order valence-electron chi connectivity index (χ1n) is 5.49. The Morgan fingerprint density at radius 3 is 2.75 bits per heavy atom. The van der Waals surface area contributed by atoms with Gasteiger partial charge >= 0.3 is 5.97 Å². The molecule has 0 atom stereocenters. The van der Waals surface area contributed by atoms with Gasteiger partial charge in [-0.15, -0.1) is 0 Å². The van der Waals surface area contributed by atoms with Crippen LogP contribution in [0, 0.1) is 6.92 Å². The fourth-order valence-electron chi connectivity index (χ4n) is 1.69. The van der Waals surface area contributed by atoms with Crippen molar-refractivity contribution >= 4 is 5.97 Å². The number of carboxylic acids is 1. The Morgan fingerprint density at radius 2 is 2.12 bits per heavy atom. The largest absolute Gasteiger partial charge is 0.496 e. The van der Waals surface area contributed by atoms with Crippen molar-refractivity contribution in [2.45, 2.75) is 32.6 Å². The molecule has 0 spiro atoms. The molecule has 3 heteroatoms. The Morgan fingerprint density at radius 1 is 1.38 bits per heavy atom. The summed E-state index contributed by atoms with van der Waals surface area (Å²) in [7, 11) is 1.66. The molecule has 0 radical (unpaired) electrons. The Labute approximate surface area is 96.1 Å². The summed E-state index contributed by atoms with van der Waals surface area (Å²) in [5.41, 5.74) is 2.36. The summed E-state index contributed by atoms with van der Waals surface area (Å²) in [6.45, 7) is 2.04. The van der Waals surface area contributed by atoms with E-state index < -0.39 is 5.97 Å². The number of aliphatic carboxylic acids is 1. The second kappa shape index (κ2) is 6.16. The summed E-state index contributed by atoms with van der Waals surface area (Å²) in [5, 5.41) is 8.53. The SMILES string of the molecule is COc1ccc(C)cc1CCCCC(=O)O. The van der Waals surface area contributed by atoms with Crippen molar-refractivity contribution in [3.05, 3.63) is 29.3 Å². The first-order valence-corrected chi connectivity index (χ1v) is 5.49. The lowest BCUT2D eigenvalue weighted by atomic mass is 10.0. The molecule has 0 bridgehead atoms. The molecular weight excluding hydrogens is 204 g/mol. The number of unbranched alkanes of at least 4 members (excludes halogenated alkanes) is 1. The van der Waals surface area contributed by atoms with E-state index >= 15 is 0 Å². The van der Waals surface area contributed by atoms with Gasteiger partial charge in [0, 0.05) is 6.42 Å². The lowest BCUT2D eigenvalue weighted by molar-refractivity contribution is -0.137. The molecule has 0 aliphatic carbocycles. The molecule has 1 aromatic carbocycles. The fourth-order valence-corrected chi connectivity index (χ4v) is 1.69. The molecule has 0 saturated carbocycles. The number of carboxylic acid groups (broad SMARTS) is 1. The summed E-state index contributed by atoms with van der Waals surface area (Å²) in [5.74, 6) is 0.164. The third kappa shape index (κ3) is 3.93. The minimum atomic E-state index is -0.726. The third-order valence-corrected chi connectivity index (χ3v) is 2.52. The van der Waals surface area contributed by atoms with Crippen molar-refractivity contribution in [1.29, 1.82) is 0 Å². The van der Waals surface area contributed by atoms with Crippen LogP contribution in [0.3, 0.4) is 0 Å². The van der Waals surface area contributed by atoms with E-state index in [4.69, 9.17) is 9.84 Å². The quantitative estimate of drug-likeness (QED) is 0.753. The summed E-state index contributed by atoms with van der Waals surface area (Å²) in [6.07, 6.45) is 2.71. The number of hydrogen-bond donors (Lipinski definition) is 1. The van der Waals surface area contributed by atoms with Crippen molar-refractivity contribution < 1.29 is 14.6 Å². The monoisotopic (exact) mass is 222 g/mol. The van der Waals surface area contributed by atoms with E-state index in [1.807, 2.05) is 19.1 Å². The van der Waals surface area contributed by atoms with Crippen LogP contribution in [0.15, 0.2) is 18.2 Å². The van der Waals surface area contributed by atoms with Crippen molar-refractivity contribution in [3.8, 4) is 5.75 Å². The zero-order chi connectivity index (χ0) is 12.0. The van der Waals surface area contributed by atoms with Crippen LogP contribution in [-0.4, -0.2) is 18.2 Å². The number of aryl methyl sites for hydroxylation is 2. The van der Waals surface area contributed by atoms with E-state index in [0.29, 0.717) is 6.42 Å². The maximum atomic E-state index is 10.4. The van der Waals surface area contributed by atoms with Gasteiger partial charge in [-0.3, -0.25) is 4.79 Å². The van der Waals surface area contributed by atoms with Crippen LogP contribution >= 0.6 is 0 Å². The van der Waals surface area contributed by atoms with Crippen molar-refractivity contribution in [2.24, 2.45) is 0 Å². The van der Waals surface area contributed by atoms with Gasteiger partial charge in [-0.25, -0.2) is 0 Å². The van der Waals surface area contributed by atoms with Crippen molar-refractivity contribution in [1.82, 2.24) is 0 Å². The summed E-state index contributed by atoms with van der Waals surface area (Å²) >= 11 is 0. The highest BCUT2D eigenvalue weighted by Gasteiger charge is 2.03. The highest BCUT2D eigenvalue weighted by Crippen LogP contribution is 2.21. The Hall–Kier alpha value is -1.51. The Balaban J connectivity index is 2.51. The van der Waals surface area contributed by atoms with Gasteiger partial charge in [0.15, 0.2) is 0 Å². The summed E-state index contributed by atoms with van der Waals surface area (Å²) in [4.78, 5) is 10.4. The number of benzene rings is 1. The van der Waals surface area contributed by atoms with Gasteiger partial charge in [0.25, 0.3) is 0 Å². The molecule has 1 N–H and O–H groups in total. The van der Waals surface area contributed by atoms with E-state index in [2.05, 4.69) is 6.07 Å². The molecule has 1 aromatic rings. The van der Waals surface area contributed by atoms with Gasteiger partial charge in [-0.2, -0.15) is 0 Å². The van der Waals surface area contributed by atoms with Crippen molar-refractivity contribution in [3.63, 3.8) is 0 Å². The fraction of sp³-hybridized carbons (Fsp3) is 0.462. The maximum Gasteiger partial charge on any atom is 0.303 e. The van der Waals surface area contributed by atoms with Crippen LogP contribution in [0.2, 0.25) is 0 Å². The van der Waals surface area contributed by atoms with Crippen LogP contribution in [0.25, 0.3) is 0 Å². The van der Waals surface area contributed by atoms with Crippen LogP contribution in [-0.2, 0) is 11.2 Å². The predicted molar refractivity (Wildman–Crippen MR) is 62.9 cm³/mol. The number of hydrogen-bond acceptors (Lipinski definition) is 2. The summed E-state index contributed by atoms with van der Waals surface area (Å²) in [6, 6.07) is 6.07. The minimum absolute atomic E-state index is 0.244. The van der Waals surface area contributed by atoms with Crippen LogP contribution in [0.1, 0.15) is 30.4 Å². The molecule has 0 saturated heterocycles. The Kier molecular flexibility index (Phi) is 4.83. The molecule has 0 unspecified atom stereocenters. The van der Waals surface area contributed by atoms with E-state index in [1.54, 1.807) is 7.11 Å². The molecule has 0 aromatic heterocycles. The zero-order valence-electron chi connectivity index (χ0n) is 9.82. The second-order valence-corrected chi connectivity index (χ2v) is 3.92. The Bertz CT molecular complexity index is 358. The maximum absolute atomic E-state index is 10.4. The molecule has 1 rings (SSSR count). The van der Waals surface area contributed by atoms with E-state index in [1.165, 1.54) is 5.56 Å². The first kappa shape index (κ1) is 12.6. The van der Waals surface area contributed by atoms with Gasteiger partial charge in [-0.05, 0) is 37.8 Å². The van der Waals surface area contributed by atoms with E-state index in [9.17, 15) is 4.79 Å². The smallest absolute Gasteiger partial charge is 0.303 e. The van der Waals surface area contributed by atoms with Crippen molar-refractivity contribution in [2.75, 3.05) is 7.11 Å². The summed E-state index contributed by atoms with van der Waals surface area (Å²) < 4.78 is 5.26. The molecule has 0 aliphatic heterocycles. The van der Waals surface area contributed by atoms with E-state index in [-0.39, 0.29) is 6.42 Å². The molecule has 16 heavy (non-hydrogen) atoms. The second-order valence-electron chi connectivity index (χ2n) is 3.92. The highest BCUT2D eigenvalue weighted by molar-refractivity contribution is 5.66. The normalized spacial score (nSPS) is 10.1. The number of rotatable bonds is 6. The topological polar surface area (TPSA) is 46.5 Å². The minimum Gasteiger partial charge on any atom is -0.496 e. The molecular formula is C13H18O3. The first-order chi connectivity index (χ1) is 7.63. The predicted octanol–water partition coefficient (Wildman–Crippen LogP) is 2.80. The third-order valence-electron chi connectivity index (χ3n) is 2.52. The van der Waals surface area contributed by atoms with Gasteiger partial charge in [0.05, 0.1) is 7.11 Å². The molecule has 0 heterocycles. The highest BCUT2D eigenvalue weighted by atomic mass is 16.5. The lowest BCUT2D eigenvalue weighted by Crippen LogP contribution is -1.97.